The first kappa shape index (κ1) is 17.5. The molecule has 3 aromatic rings. The van der Waals surface area contributed by atoms with E-state index in [1.54, 1.807) is 10.9 Å². The standard InChI is InChI=1S/C17H18ClN5O2S/c1-9-12(24)13(25)16(26-9)23-8-20-11-14(21-17(18)22-15(11)23)19-7-10-5-3-2-4-6-10/h2-6,8-9,12-13,16,24-25H,7H2,1H3,(H,19,21,22)/t9-,12+,13+,16+/m0/s1. The Bertz CT molecular complexity index is 922. The van der Waals surface area contributed by atoms with E-state index in [1.165, 1.54) is 11.8 Å². The molecule has 0 radical (unpaired) electrons. The van der Waals surface area contributed by atoms with E-state index >= 15 is 0 Å². The molecule has 1 saturated heterocycles. The molecule has 1 aromatic carbocycles. The molecule has 0 unspecified atom stereocenters. The van der Waals surface area contributed by atoms with Gasteiger partial charge in [-0.25, -0.2) is 4.98 Å². The zero-order chi connectivity index (χ0) is 18.3. The van der Waals surface area contributed by atoms with E-state index in [4.69, 9.17) is 11.6 Å². The van der Waals surface area contributed by atoms with Gasteiger partial charge in [0.1, 0.15) is 11.5 Å². The van der Waals surface area contributed by atoms with Gasteiger partial charge in [-0.05, 0) is 17.2 Å². The number of halogens is 1. The lowest BCUT2D eigenvalue weighted by Gasteiger charge is -2.17. The van der Waals surface area contributed by atoms with Crippen molar-refractivity contribution in [3.63, 3.8) is 0 Å². The monoisotopic (exact) mass is 391 g/mol. The Morgan fingerprint density at radius 3 is 2.65 bits per heavy atom. The maximum atomic E-state index is 10.3. The molecule has 4 rings (SSSR count). The number of hydrogen-bond donors (Lipinski definition) is 3. The minimum absolute atomic E-state index is 0.0829. The summed E-state index contributed by atoms with van der Waals surface area (Å²) in [6, 6.07) is 9.93. The molecular weight excluding hydrogens is 374 g/mol. The summed E-state index contributed by atoms with van der Waals surface area (Å²) in [5.41, 5.74) is 2.21. The van der Waals surface area contributed by atoms with Gasteiger partial charge in [-0.15, -0.1) is 11.8 Å². The smallest absolute Gasteiger partial charge is 0.226 e. The van der Waals surface area contributed by atoms with Crippen molar-refractivity contribution < 1.29 is 10.2 Å². The third kappa shape index (κ3) is 3.14. The molecule has 1 aliphatic heterocycles. The van der Waals surface area contributed by atoms with E-state index < -0.39 is 12.2 Å². The van der Waals surface area contributed by atoms with Gasteiger partial charge in [0.25, 0.3) is 0 Å². The number of aliphatic hydroxyl groups is 2. The molecule has 136 valence electrons. The molecule has 1 aliphatic rings. The summed E-state index contributed by atoms with van der Waals surface area (Å²) in [5, 5.41) is 23.3. The van der Waals surface area contributed by atoms with Crippen LogP contribution in [0.2, 0.25) is 5.28 Å². The summed E-state index contributed by atoms with van der Waals surface area (Å²) in [6.07, 6.45) is -0.0908. The first-order valence-electron chi connectivity index (χ1n) is 8.24. The van der Waals surface area contributed by atoms with E-state index in [-0.39, 0.29) is 15.9 Å². The highest BCUT2D eigenvalue weighted by molar-refractivity contribution is 8.00. The van der Waals surface area contributed by atoms with Crippen LogP contribution in [0.5, 0.6) is 0 Å². The number of imidazole rings is 1. The second kappa shape index (κ2) is 7.03. The SMILES string of the molecule is C[C@@H]1S[C@@H](n2cnc3c(NCc4ccccc4)nc(Cl)nc32)[C@H](O)[C@@H]1O. The molecule has 0 aliphatic carbocycles. The fourth-order valence-corrected chi connectivity index (χ4v) is 4.57. The zero-order valence-corrected chi connectivity index (χ0v) is 15.5. The summed E-state index contributed by atoms with van der Waals surface area (Å²) in [6.45, 7) is 2.46. The molecule has 3 N–H and O–H groups in total. The number of nitrogens with one attached hydrogen (secondary N) is 1. The van der Waals surface area contributed by atoms with Gasteiger partial charge in [0.05, 0.1) is 12.4 Å². The highest BCUT2D eigenvalue weighted by Gasteiger charge is 2.41. The van der Waals surface area contributed by atoms with Gasteiger partial charge in [0.2, 0.25) is 5.28 Å². The fraction of sp³-hybridized carbons (Fsp3) is 0.353. The van der Waals surface area contributed by atoms with Gasteiger partial charge < -0.3 is 15.5 Å². The van der Waals surface area contributed by atoms with Crippen molar-refractivity contribution in [1.82, 2.24) is 19.5 Å². The summed E-state index contributed by atoms with van der Waals surface area (Å²) < 4.78 is 1.75. The van der Waals surface area contributed by atoms with Crippen molar-refractivity contribution in [1.29, 1.82) is 0 Å². The van der Waals surface area contributed by atoms with Crippen LogP contribution in [0.15, 0.2) is 36.7 Å². The third-order valence-electron chi connectivity index (χ3n) is 4.45. The van der Waals surface area contributed by atoms with Crippen LogP contribution in [0.1, 0.15) is 17.9 Å². The second-order valence-electron chi connectivity index (χ2n) is 6.22. The fourth-order valence-electron chi connectivity index (χ4n) is 3.04. The maximum Gasteiger partial charge on any atom is 0.226 e. The van der Waals surface area contributed by atoms with Crippen LogP contribution in [0, 0.1) is 0 Å². The minimum atomic E-state index is -0.901. The molecule has 1 fully saturated rings. The van der Waals surface area contributed by atoms with Crippen LogP contribution in [-0.2, 0) is 6.54 Å². The normalized spacial score (nSPS) is 25.7. The Balaban J connectivity index is 1.67. The number of aromatic nitrogens is 4. The first-order valence-corrected chi connectivity index (χ1v) is 9.56. The van der Waals surface area contributed by atoms with Gasteiger partial charge in [-0.2, -0.15) is 9.97 Å². The highest BCUT2D eigenvalue weighted by atomic mass is 35.5. The molecular formula is C17H18ClN5O2S. The Morgan fingerprint density at radius 1 is 1.19 bits per heavy atom. The zero-order valence-electron chi connectivity index (χ0n) is 14.0. The molecule has 2 aromatic heterocycles. The van der Waals surface area contributed by atoms with Crippen LogP contribution in [0.4, 0.5) is 5.82 Å². The number of hydrogen-bond acceptors (Lipinski definition) is 7. The average molecular weight is 392 g/mol. The molecule has 0 bridgehead atoms. The van der Waals surface area contributed by atoms with Crippen molar-refractivity contribution in [3.05, 3.63) is 47.5 Å². The van der Waals surface area contributed by atoms with Crippen molar-refractivity contribution in [2.24, 2.45) is 0 Å². The Labute approximate surface area is 159 Å². The van der Waals surface area contributed by atoms with Gasteiger partial charge >= 0.3 is 0 Å². The molecule has 4 atom stereocenters. The number of thioether (sulfide) groups is 1. The topological polar surface area (TPSA) is 96.1 Å². The molecule has 3 heterocycles. The molecule has 0 saturated carbocycles. The largest absolute Gasteiger partial charge is 0.389 e. The van der Waals surface area contributed by atoms with Crippen LogP contribution in [0.25, 0.3) is 11.2 Å². The maximum absolute atomic E-state index is 10.3. The van der Waals surface area contributed by atoms with Gasteiger partial charge in [0.15, 0.2) is 17.0 Å². The highest BCUT2D eigenvalue weighted by Crippen LogP contribution is 2.43. The van der Waals surface area contributed by atoms with Crippen molar-refractivity contribution in [2.45, 2.75) is 36.3 Å². The lowest BCUT2D eigenvalue weighted by Crippen LogP contribution is -2.30. The second-order valence-corrected chi connectivity index (χ2v) is 8.05. The summed E-state index contributed by atoms with van der Waals surface area (Å²) in [5.74, 6) is 0.536. The molecule has 7 nitrogen and oxygen atoms in total. The summed E-state index contributed by atoms with van der Waals surface area (Å²) >= 11 is 7.59. The van der Waals surface area contributed by atoms with Crippen LogP contribution in [0.3, 0.4) is 0 Å². The van der Waals surface area contributed by atoms with E-state index in [9.17, 15) is 10.2 Å². The van der Waals surface area contributed by atoms with Crippen LogP contribution >= 0.6 is 23.4 Å². The summed E-state index contributed by atoms with van der Waals surface area (Å²) in [7, 11) is 0. The molecule has 9 heteroatoms. The molecule has 0 spiro atoms. The number of rotatable bonds is 4. The van der Waals surface area contributed by atoms with Gasteiger partial charge in [-0.1, -0.05) is 37.3 Å². The third-order valence-corrected chi connectivity index (χ3v) is 6.11. The van der Waals surface area contributed by atoms with E-state index in [0.29, 0.717) is 23.5 Å². The van der Waals surface area contributed by atoms with Crippen LogP contribution < -0.4 is 5.32 Å². The average Bonchev–Trinajstić information content (AvgIpc) is 3.17. The summed E-state index contributed by atoms with van der Waals surface area (Å²) in [4.78, 5) is 13.0. The lowest BCUT2D eigenvalue weighted by atomic mass is 10.1. The Morgan fingerprint density at radius 2 is 1.96 bits per heavy atom. The molecule has 0 amide bonds. The minimum Gasteiger partial charge on any atom is -0.389 e. The Kier molecular flexibility index (Phi) is 4.74. The quantitative estimate of drug-likeness (QED) is 0.588. The number of aliphatic hydroxyl groups excluding tert-OH is 2. The Hall–Kier alpha value is -1.87. The van der Waals surface area contributed by atoms with Crippen molar-refractivity contribution in [3.8, 4) is 0 Å². The van der Waals surface area contributed by atoms with Crippen molar-refractivity contribution >= 4 is 40.3 Å². The number of anilines is 1. The lowest BCUT2D eigenvalue weighted by molar-refractivity contribution is 0.0206. The first-order chi connectivity index (χ1) is 12.5. The molecule has 26 heavy (non-hydrogen) atoms. The van der Waals surface area contributed by atoms with Gasteiger partial charge in [-0.3, -0.25) is 4.57 Å². The van der Waals surface area contributed by atoms with Gasteiger partial charge in [0, 0.05) is 11.8 Å². The van der Waals surface area contributed by atoms with E-state index in [2.05, 4.69) is 20.3 Å². The number of benzene rings is 1. The number of nitrogens with zero attached hydrogens (tertiary/aromatic N) is 4. The van der Waals surface area contributed by atoms with Crippen molar-refractivity contribution in [2.75, 3.05) is 5.32 Å². The van der Waals surface area contributed by atoms with Crippen LogP contribution in [-0.4, -0.2) is 47.2 Å². The predicted molar refractivity (Wildman–Crippen MR) is 102 cm³/mol. The van der Waals surface area contributed by atoms with E-state index in [0.717, 1.165) is 5.56 Å². The predicted octanol–water partition coefficient (Wildman–Crippen LogP) is 2.45. The van der Waals surface area contributed by atoms with E-state index in [1.807, 2.05) is 37.3 Å². The number of fused-ring (bicyclic) bond motifs is 1.